The van der Waals surface area contributed by atoms with Gasteiger partial charge in [0.2, 0.25) is 5.91 Å². The number of rotatable bonds is 5. The van der Waals surface area contributed by atoms with E-state index in [1.54, 1.807) is 23.0 Å². The van der Waals surface area contributed by atoms with E-state index in [1.807, 2.05) is 4.90 Å². The average molecular weight is 468 g/mol. The molecule has 1 fully saturated rings. The first-order valence-electron chi connectivity index (χ1n) is 11.6. The van der Waals surface area contributed by atoms with Crippen LogP contribution in [0.1, 0.15) is 41.7 Å². The lowest BCUT2D eigenvalue weighted by Gasteiger charge is -2.32. The third-order valence-corrected chi connectivity index (χ3v) is 9.01. The molecule has 2 aromatic heterocycles. The van der Waals surface area contributed by atoms with Gasteiger partial charge in [-0.3, -0.25) is 14.2 Å². The summed E-state index contributed by atoms with van der Waals surface area (Å²) >= 11 is 3.06. The van der Waals surface area contributed by atoms with E-state index in [0.717, 1.165) is 61.8 Å². The summed E-state index contributed by atoms with van der Waals surface area (Å²) in [7, 11) is 1.78. The number of thiophene rings is 1. The van der Waals surface area contributed by atoms with Crippen LogP contribution in [0.5, 0.6) is 0 Å². The summed E-state index contributed by atoms with van der Waals surface area (Å²) in [5.74, 6) is 1.12. The molecule has 0 N–H and O–H groups in total. The summed E-state index contributed by atoms with van der Waals surface area (Å²) in [5.41, 5.74) is 2.63. The summed E-state index contributed by atoms with van der Waals surface area (Å²) in [6, 6.07) is 10.6. The van der Waals surface area contributed by atoms with Crippen molar-refractivity contribution in [2.24, 2.45) is 13.0 Å². The molecule has 1 aliphatic carbocycles. The van der Waals surface area contributed by atoms with E-state index in [0.29, 0.717) is 16.8 Å². The maximum absolute atomic E-state index is 13.0. The highest BCUT2D eigenvalue weighted by Crippen LogP contribution is 2.34. The quantitative estimate of drug-likeness (QED) is 0.411. The van der Waals surface area contributed by atoms with Gasteiger partial charge in [-0.2, -0.15) is 0 Å². The van der Waals surface area contributed by atoms with E-state index < -0.39 is 0 Å². The number of carbonyl (C=O) groups is 1. The van der Waals surface area contributed by atoms with E-state index in [1.165, 1.54) is 34.2 Å². The number of thioether (sulfide) groups is 1. The van der Waals surface area contributed by atoms with Crippen molar-refractivity contribution in [1.82, 2.24) is 14.5 Å². The molecule has 3 aromatic rings. The highest BCUT2D eigenvalue weighted by atomic mass is 32.2. The minimum absolute atomic E-state index is 0.0334. The van der Waals surface area contributed by atoms with Crippen LogP contribution in [0.15, 0.2) is 40.3 Å². The Hall–Kier alpha value is -2.12. The predicted molar refractivity (Wildman–Crippen MR) is 132 cm³/mol. The van der Waals surface area contributed by atoms with Crippen molar-refractivity contribution < 1.29 is 4.79 Å². The van der Waals surface area contributed by atoms with E-state index >= 15 is 0 Å². The van der Waals surface area contributed by atoms with Gasteiger partial charge in [-0.1, -0.05) is 42.1 Å². The molecule has 5 rings (SSSR count). The average Bonchev–Trinajstić information content (AvgIpc) is 3.20. The maximum atomic E-state index is 13.0. The lowest BCUT2D eigenvalue weighted by molar-refractivity contribution is -0.129. The second-order valence-electron chi connectivity index (χ2n) is 8.95. The number of likely N-dealkylation sites (tertiary alicyclic amines) is 1. The van der Waals surface area contributed by atoms with Crippen molar-refractivity contribution in [3.8, 4) is 0 Å². The minimum atomic E-state index is 0.0334. The molecular formula is C25H29N3O2S2. The standard InChI is InChI=1S/C25H29N3O2S2/c1-27-24(30)22-19-9-5-6-10-20(19)32-23(22)26-25(27)31-16-21(29)28-13-11-18(12-14-28)15-17-7-3-2-4-8-17/h2-4,7-8,18H,5-6,9-16H2,1H3. The molecule has 1 aromatic carbocycles. The van der Waals surface area contributed by atoms with Gasteiger partial charge < -0.3 is 4.90 Å². The van der Waals surface area contributed by atoms with Crippen molar-refractivity contribution in [2.45, 2.75) is 50.1 Å². The Kier molecular flexibility index (Phi) is 6.37. The fraction of sp³-hybridized carbons (Fsp3) is 0.480. The van der Waals surface area contributed by atoms with Gasteiger partial charge >= 0.3 is 0 Å². The second kappa shape index (κ2) is 9.40. The summed E-state index contributed by atoms with van der Waals surface area (Å²) in [6.45, 7) is 1.64. The molecule has 168 valence electrons. The van der Waals surface area contributed by atoms with Crippen LogP contribution in [-0.2, 0) is 31.1 Å². The molecule has 32 heavy (non-hydrogen) atoms. The molecule has 0 bridgehead atoms. The SMILES string of the molecule is Cn1c(SCC(=O)N2CCC(Cc3ccccc3)CC2)nc2sc3c(c2c1=O)CCCC3. The van der Waals surface area contributed by atoms with Crippen molar-refractivity contribution in [2.75, 3.05) is 18.8 Å². The Balaban J connectivity index is 1.21. The normalized spacial score (nSPS) is 17.0. The zero-order chi connectivity index (χ0) is 22.1. The number of amides is 1. The lowest BCUT2D eigenvalue weighted by atomic mass is 9.90. The zero-order valence-corrected chi connectivity index (χ0v) is 20.1. The van der Waals surface area contributed by atoms with E-state index in [2.05, 4.69) is 30.3 Å². The number of aromatic nitrogens is 2. The Morgan fingerprint density at radius 3 is 2.69 bits per heavy atom. The fourth-order valence-corrected chi connectivity index (χ4v) is 7.12. The van der Waals surface area contributed by atoms with Gasteiger partial charge in [-0.05, 0) is 62.0 Å². The van der Waals surface area contributed by atoms with Crippen molar-refractivity contribution in [3.63, 3.8) is 0 Å². The van der Waals surface area contributed by atoms with Gasteiger partial charge in [0, 0.05) is 25.0 Å². The van der Waals surface area contributed by atoms with Crippen LogP contribution in [0.3, 0.4) is 0 Å². The molecule has 7 heteroatoms. The number of piperidine rings is 1. The molecule has 1 aliphatic heterocycles. The van der Waals surface area contributed by atoms with Crippen molar-refractivity contribution in [1.29, 1.82) is 0 Å². The summed E-state index contributed by atoms with van der Waals surface area (Å²) in [5, 5.41) is 1.46. The zero-order valence-electron chi connectivity index (χ0n) is 18.5. The second-order valence-corrected chi connectivity index (χ2v) is 11.0. The number of benzene rings is 1. The Labute approximate surface area is 196 Å². The topological polar surface area (TPSA) is 55.2 Å². The van der Waals surface area contributed by atoms with Gasteiger partial charge in [0.15, 0.2) is 5.16 Å². The largest absolute Gasteiger partial charge is 0.342 e. The Bertz CT molecular complexity index is 1180. The monoisotopic (exact) mass is 467 g/mol. The van der Waals surface area contributed by atoms with E-state index in [4.69, 9.17) is 4.98 Å². The molecule has 0 atom stereocenters. The summed E-state index contributed by atoms with van der Waals surface area (Å²) < 4.78 is 1.63. The molecule has 3 heterocycles. The number of nitrogens with zero attached hydrogens (tertiary/aromatic N) is 3. The summed E-state index contributed by atoms with van der Waals surface area (Å²) in [4.78, 5) is 34.8. The van der Waals surface area contributed by atoms with Gasteiger partial charge in [0.1, 0.15) is 4.83 Å². The smallest absolute Gasteiger partial charge is 0.262 e. The van der Waals surface area contributed by atoms with Gasteiger partial charge in [0.05, 0.1) is 11.1 Å². The van der Waals surface area contributed by atoms with E-state index in [-0.39, 0.29) is 11.5 Å². The lowest BCUT2D eigenvalue weighted by Crippen LogP contribution is -2.40. The van der Waals surface area contributed by atoms with Gasteiger partial charge in [-0.25, -0.2) is 4.98 Å². The highest BCUT2D eigenvalue weighted by molar-refractivity contribution is 7.99. The van der Waals surface area contributed by atoms with Gasteiger partial charge in [0.25, 0.3) is 5.56 Å². The molecule has 2 aliphatic rings. The molecule has 0 saturated carbocycles. The van der Waals surface area contributed by atoms with Crippen LogP contribution in [0, 0.1) is 5.92 Å². The van der Waals surface area contributed by atoms with Crippen LogP contribution in [0.4, 0.5) is 0 Å². The molecule has 0 radical (unpaired) electrons. The fourth-order valence-electron chi connectivity index (χ4n) is 4.95. The highest BCUT2D eigenvalue weighted by Gasteiger charge is 2.25. The summed E-state index contributed by atoms with van der Waals surface area (Å²) in [6.07, 6.45) is 7.57. The first-order valence-corrected chi connectivity index (χ1v) is 13.4. The molecule has 0 unspecified atom stereocenters. The minimum Gasteiger partial charge on any atom is -0.342 e. The predicted octanol–water partition coefficient (Wildman–Crippen LogP) is 4.45. The van der Waals surface area contributed by atoms with E-state index in [9.17, 15) is 9.59 Å². The number of hydrogen-bond donors (Lipinski definition) is 0. The molecule has 0 spiro atoms. The van der Waals surface area contributed by atoms with Crippen molar-refractivity contribution >= 4 is 39.2 Å². The first kappa shape index (κ1) is 21.7. The number of carbonyl (C=O) groups excluding carboxylic acids is 1. The first-order chi connectivity index (χ1) is 15.6. The third kappa shape index (κ3) is 4.37. The van der Waals surface area contributed by atoms with Crippen LogP contribution in [-0.4, -0.2) is 39.2 Å². The molecular weight excluding hydrogens is 438 g/mol. The number of hydrogen-bond acceptors (Lipinski definition) is 5. The van der Waals surface area contributed by atoms with Crippen LogP contribution in [0.25, 0.3) is 10.2 Å². The number of aryl methyl sites for hydroxylation is 2. The molecule has 1 amide bonds. The van der Waals surface area contributed by atoms with Crippen molar-refractivity contribution in [3.05, 3.63) is 56.7 Å². The van der Waals surface area contributed by atoms with Crippen LogP contribution >= 0.6 is 23.1 Å². The maximum Gasteiger partial charge on any atom is 0.262 e. The van der Waals surface area contributed by atoms with Crippen LogP contribution in [0.2, 0.25) is 0 Å². The Morgan fingerprint density at radius 2 is 1.91 bits per heavy atom. The van der Waals surface area contributed by atoms with Crippen LogP contribution < -0.4 is 5.56 Å². The third-order valence-electron chi connectivity index (χ3n) is 6.81. The Morgan fingerprint density at radius 1 is 1.16 bits per heavy atom. The number of fused-ring (bicyclic) bond motifs is 3. The molecule has 5 nitrogen and oxygen atoms in total. The van der Waals surface area contributed by atoms with Gasteiger partial charge in [-0.15, -0.1) is 11.3 Å². The molecule has 1 saturated heterocycles.